The van der Waals surface area contributed by atoms with Crippen molar-refractivity contribution in [2.24, 2.45) is 0 Å². The lowest BCUT2D eigenvalue weighted by Crippen LogP contribution is -2.47. The molecular formula is C8H16N2O. The van der Waals surface area contributed by atoms with E-state index in [0.717, 1.165) is 32.3 Å². The summed E-state index contributed by atoms with van der Waals surface area (Å²) in [5.41, 5.74) is 0. The fourth-order valence-corrected chi connectivity index (χ4v) is 1.35. The molecule has 1 aliphatic carbocycles. The lowest BCUT2D eigenvalue weighted by molar-refractivity contribution is 0.0766. The highest BCUT2D eigenvalue weighted by molar-refractivity contribution is 4.83. The van der Waals surface area contributed by atoms with Crippen LogP contribution in [0.4, 0.5) is 0 Å². The van der Waals surface area contributed by atoms with E-state index in [0.29, 0.717) is 6.04 Å². The van der Waals surface area contributed by atoms with E-state index in [1.54, 1.807) is 0 Å². The summed E-state index contributed by atoms with van der Waals surface area (Å²) in [7, 11) is 0. The van der Waals surface area contributed by atoms with E-state index in [4.69, 9.17) is 4.74 Å². The number of hydrogen-bond acceptors (Lipinski definition) is 3. The summed E-state index contributed by atoms with van der Waals surface area (Å²) in [5.74, 6) is 0. The molecule has 1 saturated carbocycles. The van der Waals surface area contributed by atoms with Crippen molar-refractivity contribution in [1.29, 1.82) is 0 Å². The Labute approximate surface area is 67.5 Å². The Hall–Kier alpha value is -0.120. The minimum Gasteiger partial charge on any atom is -0.378 e. The fraction of sp³-hybridized carbons (Fsp3) is 1.00. The fourth-order valence-electron chi connectivity index (χ4n) is 1.35. The number of hydrogen-bond donors (Lipinski definition) is 2. The lowest BCUT2D eigenvalue weighted by atomic mass is 10.3. The second kappa shape index (κ2) is 3.52. The van der Waals surface area contributed by atoms with Gasteiger partial charge < -0.3 is 15.4 Å². The van der Waals surface area contributed by atoms with Crippen molar-refractivity contribution in [3.8, 4) is 0 Å². The molecule has 1 heterocycles. The molecule has 2 rings (SSSR count). The first-order valence-corrected chi connectivity index (χ1v) is 4.49. The zero-order valence-electron chi connectivity index (χ0n) is 6.81. The van der Waals surface area contributed by atoms with Crippen molar-refractivity contribution >= 4 is 0 Å². The van der Waals surface area contributed by atoms with E-state index in [2.05, 4.69) is 10.6 Å². The van der Waals surface area contributed by atoms with Gasteiger partial charge in [0.15, 0.2) is 0 Å². The molecule has 0 aromatic carbocycles. The molecule has 3 nitrogen and oxygen atoms in total. The summed E-state index contributed by atoms with van der Waals surface area (Å²) >= 11 is 0. The van der Waals surface area contributed by atoms with Crippen LogP contribution in [0.1, 0.15) is 12.8 Å². The van der Waals surface area contributed by atoms with Gasteiger partial charge in [0, 0.05) is 25.2 Å². The van der Waals surface area contributed by atoms with Crippen LogP contribution in [0, 0.1) is 0 Å². The molecule has 2 N–H and O–H groups in total. The molecule has 2 aliphatic rings. The van der Waals surface area contributed by atoms with Gasteiger partial charge in [-0.3, -0.25) is 0 Å². The molecule has 0 bridgehead atoms. The molecule has 0 aromatic heterocycles. The van der Waals surface area contributed by atoms with Gasteiger partial charge in [0.05, 0.1) is 13.2 Å². The highest BCUT2D eigenvalue weighted by Crippen LogP contribution is 2.18. The minimum absolute atomic E-state index is 0.546. The lowest BCUT2D eigenvalue weighted by Gasteiger charge is -2.23. The number of rotatable bonds is 3. The molecule has 11 heavy (non-hydrogen) atoms. The largest absolute Gasteiger partial charge is 0.378 e. The molecule has 0 spiro atoms. The van der Waals surface area contributed by atoms with Crippen LogP contribution in [0.5, 0.6) is 0 Å². The van der Waals surface area contributed by atoms with E-state index in [-0.39, 0.29) is 0 Å². The molecule has 0 radical (unpaired) electrons. The molecule has 0 unspecified atom stereocenters. The average molecular weight is 156 g/mol. The zero-order chi connectivity index (χ0) is 7.52. The molecule has 3 heteroatoms. The topological polar surface area (TPSA) is 33.3 Å². The van der Waals surface area contributed by atoms with Gasteiger partial charge in [-0.25, -0.2) is 0 Å². The second-order valence-corrected chi connectivity index (χ2v) is 3.41. The monoisotopic (exact) mass is 156 g/mol. The molecule has 2 fully saturated rings. The van der Waals surface area contributed by atoms with Gasteiger partial charge in [-0.2, -0.15) is 0 Å². The Morgan fingerprint density at radius 3 is 3.00 bits per heavy atom. The van der Waals surface area contributed by atoms with Crippen molar-refractivity contribution in [3.63, 3.8) is 0 Å². The predicted molar refractivity (Wildman–Crippen MR) is 43.6 cm³/mol. The van der Waals surface area contributed by atoms with Gasteiger partial charge in [-0.15, -0.1) is 0 Å². The summed E-state index contributed by atoms with van der Waals surface area (Å²) in [6.07, 6.45) is 2.74. The van der Waals surface area contributed by atoms with Crippen LogP contribution in [0.2, 0.25) is 0 Å². The third kappa shape index (κ3) is 2.43. The Kier molecular flexibility index (Phi) is 2.41. The van der Waals surface area contributed by atoms with Crippen molar-refractivity contribution in [2.75, 3.05) is 26.3 Å². The van der Waals surface area contributed by atoms with Crippen molar-refractivity contribution in [2.45, 2.75) is 24.9 Å². The zero-order valence-corrected chi connectivity index (χ0v) is 6.81. The van der Waals surface area contributed by atoms with E-state index in [1.807, 2.05) is 0 Å². The van der Waals surface area contributed by atoms with Gasteiger partial charge in [-0.1, -0.05) is 0 Å². The number of morpholine rings is 1. The first kappa shape index (κ1) is 7.53. The first-order chi connectivity index (χ1) is 5.45. The Bertz CT molecular complexity index is 119. The molecule has 1 saturated heterocycles. The molecule has 0 amide bonds. The van der Waals surface area contributed by atoms with Gasteiger partial charge in [0.1, 0.15) is 0 Å². The Morgan fingerprint density at radius 1 is 1.45 bits per heavy atom. The number of ether oxygens (including phenoxy) is 1. The van der Waals surface area contributed by atoms with Crippen molar-refractivity contribution in [1.82, 2.24) is 10.6 Å². The van der Waals surface area contributed by atoms with Crippen LogP contribution in [0.3, 0.4) is 0 Å². The van der Waals surface area contributed by atoms with Gasteiger partial charge in [-0.05, 0) is 12.8 Å². The standard InChI is InChI=1S/C8H16N2O/c1-2-7(1)10-5-8-6-11-4-3-9-8/h7-10H,1-6H2/t8-/m0/s1. The SMILES string of the molecule is C1COC[C@H](CNC2CC2)N1. The average Bonchev–Trinajstić information content (AvgIpc) is 2.86. The van der Waals surface area contributed by atoms with Crippen LogP contribution in [0.25, 0.3) is 0 Å². The van der Waals surface area contributed by atoms with Crippen LogP contribution < -0.4 is 10.6 Å². The highest BCUT2D eigenvalue weighted by Gasteiger charge is 2.22. The van der Waals surface area contributed by atoms with Crippen LogP contribution in [0.15, 0.2) is 0 Å². The maximum absolute atomic E-state index is 5.33. The third-order valence-electron chi connectivity index (χ3n) is 2.23. The van der Waals surface area contributed by atoms with Crippen LogP contribution in [-0.2, 0) is 4.74 Å². The molecule has 1 atom stereocenters. The quantitative estimate of drug-likeness (QED) is 0.590. The summed E-state index contributed by atoms with van der Waals surface area (Å²) in [6.45, 7) is 3.83. The van der Waals surface area contributed by atoms with E-state index < -0.39 is 0 Å². The molecular weight excluding hydrogens is 140 g/mol. The Morgan fingerprint density at radius 2 is 2.36 bits per heavy atom. The Balaban J connectivity index is 1.59. The highest BCUT2D eigenvalue weighted by atomic mass is 16.5. The van der Waals surface area contributed by atoms with E-state index >= 15 is 0 Å². The second-order valence-electron chi connectivity index (χ2n) is 3.41. The summed E-state index contributed by atoms with van der Waals surface area (Å²) in [5, 5.41) is 6.90. The van der Waals surface area contributed by atoms with E-state index in [1.165, 1.54) is 12.8 Å². The maximum atomic E-state index is 5.33. The van der Waals surface area contributed by atoms with Gasteiger partial charge >= 0.3 is 0 Å². The predicted octanol–water partition coefficient (Wildman–Crippen LogP) is -0.273. The number of nitrogens with one attached hydrogen (secondary N) is 2. The first-order valence-electron chi connectivity index (χ1n) is 4.49. The van der Waals surface area contributed by atoms with Gasteiger partial charge in [0.2, 0.25) is 0 Å². The third-order valence-corrected chi connectivity index (χ3v) is 2.23. The van der Waals surface area contributed by atoms with Crippen molar-refractivity contribution < 1.29 is 4.74 Å². The van der Waals surface area contributed by atoms with Gasteiger partial charge in [0.25, 0.3) is 0 Å². The van der Waals surface area contributed by atoms with Crippen LogP contribution in [-0.4, -0.2) is 38.4 Å². The van der Waals surface area contributed by atoms with E-state index in [9.17, 15) is 0 Å². The summed E-state index contributed by atoms with van der Waals surface area (Å²) in [4.78, 5) is 0. The summed E-state index contributed by atoms with van der Waals surface area (Å²) < 4.78 is 5.33. The van der Waals surface area contributed by atoms with Crippen molar-refractivity contribution in [3.05, 3.63) is 0 Å². The normalized spacial score (nSPS) is 32.2. The molecule has 0 aromatic rings. The van der Waals surface area contributed by atoms with Crippen LogP contribution >= 0.6 is 0 Å². The smallest absolute Gasteiger partial charge is 0.0632 e. The maximum Gasteiger partial charge on any atom is 0.0632 e. The molecule has 1 aliphatic heterocycles. The summed E-state index contributed by atoms with van der Waals surface area (Å²) in [6, 6.07) is 1.36. The molecule has 64 valence electrons. The minimum atomic E-state index is 0.546.